The maximum Gasteiger partial charge on any atom is 0.264 e. The molecule has 1 fully saturated rings. The van der Waals surface area contributed by atoms with Gasteiger partial charge in [0, 0.05) is 18.0 Å². The highest BCUT2D eigenvalue weighted by atomic mass is 32.1. The standard InChI is InChI=1S/C15H21NO2S/c1-10-3-4-13-12(7-10)8-14(19-13)15(17)16-5-6-18-11(2)9-16/h8,10-11H,3-7,9H2,1-2H3/t10-,11-/m0/s1. The second-order valence-electron chi connectivity index (χ2n) is 5.84. The molecule has 0 spiro atoms. The molecular formula is C15H21NO2S. The van der Waals surface area contributed by atoms with Gasteiger partial charge in [-0.05, 0) is 43.7 Å². The van der Waals surface area contributed by atoms with Crippen LogP contribution in [0.4, 0.5) is 0 Å². The Morgan fingerprint density at radius 2 is 2.32 bits per heavy atom. The third-order valence-electron chi connectivity index (χ3n) is 4.07. The monoisotopic (exact) mass is 279 g/mol. The summed E-state index contributed by atoms with van der Waals surface area (Å²) in [5.41, 5.74) is 1.41. The van der Waals surface area contributed by atoms with Gasteiger partial charge in [-0.15, -0.1) is 11.3 Å². The van der Waals surface area contributed by atoms with Crippen molar-refractivity contribution < 1.29 is 9.53 Å². The SMILES string of the molecule is C[C@H]1CCc2sc(C(=O)N3CCO[C@@H](C)C3)cc2C1. The van der Waals surface area contributed by atoms with Gasteiger partial charge in [0.1, 0.15) is 0 Å². The number of ether oxygens (including phenoxy) is 1. The van der Waals surface area contributed by atoms with Gasteiger partial charge in [-0.2, -0.15) is 0 Å². The number of nitrogens with zero attached hydrogens (tertiary/aromatic N) is 1. The summed E-state index contributed by atoms with van der Waals surface area (Å²) < 4.78 is 5.50. The van der Waals surface area contributed by atoms with E-state index in [0.29, 0.717) is 6.61 Å². The second-order valence-corrected chi connectivity index (χ2v) is 6.98. The summed E-state index contributed by atoms with van der Waals surface area (Å²) >= 11 is 1.71. The van der Waals surface area contributed by atoms with E-state index >= 15 is 0 Å². The molecule has 1 aliphatic carbocycles. The zero-order valence-electron chi connectivity index (χ0n) is 11.6. The number of carbonyl (C=O) groups excluding carboxylic acids is 1. The molecule has 2 atom stereocenters. The first-order chi connectivity index (χ1) is 9.13. The van der Waals surface area contributed by atoms with E-state index in [1.807, 2.05) is 11.8 Å². The Morgan fingerprint density at radius 3 is 3.11 bits per heavy atom. The largest absolute Gasteiger partial charge is 0.375 e. The van der Waals surface area contributed by atoms with E-state index in [9.17, 15) is 4.79 Å². The number of aryl methyl sites for hydroxylation is 1. The fourth-order valence-electron chi connectivity index (χ4n) is 2.97. The van der Waals surface area contributed by atoms with Crippen LogP contribution in [-0.4, -0.2) is 36.6 Å². The Balaban J connectivity index is 1.77. The predicted molar refractivity (Wildman–Crippen MR) is 76.8 cm³/mol. The quantitative estimate of drug-likeness (QED) is 0.791. The van der Waals surface area contributed by atoms with Gasteiger partial charge in [0.05, 0.1) is 17.6 Å². The number of thiophene rings is 1. The second kappa shape index (κ2) is 5.25. The highest BCUT2D eigenvalue weighted by Crippen LogP contribution is 2.32. The number of rotatable bonds is 1. The van der Waals surface area contributed by atoms with E-state index in [0.717, 1.165) is 36.7 Å². The molecule has 0 saturated carbocycles. The zero-order valence-corrected chi connectivity index (χ0v) is 12.5. The summed E-state index contributed by atoms with van der Waals surface area (Å²) in [6.07, 6.45) is 3.70. The molecule has 1 aromatic heterocycles. The molecule has 19 heavy (non-hydrogen) atoms. The fraction of sp³-hybridized carbons (Fsp3) is 0.667. The van der Waals surface area contributed by atoms with Crippen molar-refractivity contribution in [1.82, 2.24) is 4.90 Å². The first-order valence-electron chi connectivity index (χ1n) is 7.16. The highest BCUT2D eigenvalue weighted by Gasteiger charge is 2.26. The van der Waals surface area contributed by atoms with Crippen LogP contribution < -0.4 is 0 Å². The molecule has 104 valence electrons. The normalized spacial score (nSPS) is 27.2. The Kier molecular flexibility index (Phi) is 3.63. The Morgan fingerprint density at radius 1 is 1.47 bits per heavy atom. The van der Waals surface area contributed by atoms with E-state index in [2.05, 4.69) is 13.0 Å². The summed E-state index contributed by atoms with van der Waals surface area (Å²) in [4.78, 5) is 16.8. The van der Waals surface area contributed by atoms with Gasteiger partial charge in [0.15, 0.2) is 0 Å². The molecule has 0 unspecified atom stereocenters. The number of fused-ring (bicyclic) bond motifs is 1. The summed E-state index contributed by atoms with van der Waals surface area (Å²) in [5, 5.41) is 0. The molecular weight excluding hydrogens is 258 g/mol. The number of hydrogen-bond acceptors (Lipinski definition) is 3. The van der Waals surface area contributed by atoms with Crippen LogP contribution in [0.5, 0.6) is 0 Å². The molecule has 0 N–H and O–H groups in total. The summed E-state index contributed by atoms with van der Waals surface area (Å²) in [5.74, 6) is 0.954. The molecule has 3 rings (SSSR count). The summed E-state index contributed by atoms with van der Waals surface area (Å²) in [6.45, 7) is 6.43. The van der Waals surface area contributed by atoms with E-state index in [1.165, 1.54) is 16.9 Å². The van der Waals surface area contributed by atoms with Crippen molar-refractivity contribution in [3.8, 4) is 0 Å². The van der Waals surface area contributed by atoms with Gasteiger partial charge < -0.3 is 9.64 Å². The van der Waals surface area contributed by atoms with Crippen LogP contribution >= 0.6 is 11.3 Å². The van der Waals surface area contributed by atoms with E-state index in [4.69, 9.17) is 4.74 Å². The summed E-state index contributed by atoms with van der Waals surface area (Å²) in [7, 11) is 0. The number of morpholine rings is 1. The highest BCUT2D eigenvalue weighted by molar-refractivity contribution is 7.14. The molecule has 3 nitrogen and oxygen atoms in total. The Labute approximate surface area is 118 Å². The van der Waals surface area contributed by atoms with Crippen LogP contribution in [0.15, 0.2) is 6.07 Å². The van der Waals surface area contributed by atoms with Gasteiger partial charge in [0.2, 0.25) is 0 Å². The van der Waals surface area contributed by atoms with Crippen molar-refractivity contribution in [2.24, 2.45) is 5.92 Å². The maximum atomic E-state index is 12.5. The van der Waals surface area contributed by atoms with Crippen LogP contribution in [0.25, 0.3) is 0 Å². The fourth-order valence-corrected chi connectivity index (χ4v) is 4.15. The van der Waals surface area contributed by atoms with Crippen molar-refractivity contribution in [1.29, 1.82) is 0 Å². The molecule has 0 radical (unpaired) electrons. The molecule has 0 aromatic carbocycles. The van der Waals surface area contributed by atoms with Crippen molar-refractivity contribution in [2.75, 3.05) is 19.7 Å². The maximum absolute atomic E-state index is 12.5. The minimum absolute atomic E-state index is 0.160. The smallest absolute Gasteiger partial charge is 0.264 e. The lowest BCUT2D eigenvalue weighted by Gasteiger charge is -2.30. The first kappa shape index (κ1) is 13.1. The lowest BCUT2D eigenvalue weighted by atomic mass is 9.90. The van der Waals surface area contributed by atoms with Crippen LogP contribution in [0, 0.1) is 5.92 Å². The summed E-state index contributed by atoms with van der Waals surface area (Å²) in [6, 6.07) is 2.14. The topological polar surface area (TPSA) is 29.5 Å². The molecule has 1 amide bonds. The molecule has 2 heterocycles. The van der Waals surface area contributed by atoms with Gasteiger partial charge in [-0.1, -0.05) is 6.92 Å². The molecule has 2 aliphatic rings. The van der Waals surface area contributed by atoms with Gasteiger partial charge in [-0.25, -0.2) is 0 Å². The minimum Gasteiger partial charge on any atom is -0.375 e. The lowest BCUT2D eigenvalue weighted by Crippen LogP contribution is -2.44. The molecule has 1 aliphatic heterocycles. The third kappa shape index (κ3) is 2.70. The average Bonchev–Trinajstić information content (AvgIpc) is 2.80. The van der Waals surface area contributed by atoms with Gasteiger partial charge >= 0.3 is 0 Å². The third-order valence-corrected chi connectivity index (χ3v) is 5.29. The minimum atomic E-state index is 0.160. The number of carbonyl (C=O) groups is 1. The van der Waals surface area contributed by atoms with Crippen LogP contribution in [0.3, 0.4) is 0 Å². The van der Waals surface area contributed by atoms with E-state index in [-0.39, 0.29) is 12.0 Å². The van der Waals surface area contributed by atoms with Crippen molar-refractivity contribution >= 4 is 17.2 Å². The van der Waals surface area contributed by atoms with E-state index in [1.54, 1.807) is 11.3 Å². The van der Waals surface area contributed by atoms with Crippen molar-refractivity contribution in [2.45, 2.75) is 39.2 Å². The van der Waals surface area contributed by atoms with E-state index < -0.39 is 0 Å². The van der Waals surface area contributed by atoms with Gasteiger partial charge in [0.25, 0.3) is 5.91 Å². The van der Waals surface area contributed by atoms with Crippen molar-refractivity contribution in [3.05, 3.63) is 21.4 Å². The molecule has 1 saturated heterocycles. The molecule has 0 bridgehead atoms. The van der Waals surface area contributed by atoms with Crippen molar-refractivity contribution in [3.63, 3.8) is 0 Å². The Hall–Kier alpha value is -0.870. The predicted octanol–water partition coefficient (Wildman–Crippen LogP) is 2.73. The van der Waals surface area contributed by atoms with Crippen LogP contribution in [0.1, 0.15) is 40.4 Å². The average molecular weight is 279 g/mol. The van der Waals surface area contributed by atoms with Crippen LogP contribution in [0.2, 0.25) is 0 Å². The molecule has 1 aromatic rings. The first-order valence-corrected chi connectivity index (χ1v) is 7.97. The number of amides is 1. The molecule has 4 heteroatoms. The lowest BCUT2D eigenvalue weighted by molar-refractivity contribution is -0.0122. The Bertz CT molecular complexity index is 482. The number of hydrogen-bond donors (Lipinski definition) is 0. The van der Waals surface area contributed by atoms with Gasteiger partial charge in [-0.3, -0.25) is 4.79 Å². The zero-order chi connectivity index (χ0) is 13.4. The van der Waals surface area contributed by atoms with Crippen LogP contribution in [-0.2, 0) is 17.6 Å².